The zero-order valence-corrected chi connectivity index (χ0v) is 13.4. The van der Waals surface area contributed by atoms with E-state index in [0.29, 0.717) is 31.9 Å². The fourth-order valence-corrected chi connectivity index (χ4v) is 3.20. The van der Waals surface area contributed by atoms with E-state index < -0.39 is 0 Å². The molecule has 0 bridgehead atoms. The maximum absolute atomic E-state index is 12.4. The minimum atomic E-state index is -0.226. The number of hydrogen-bond donors (Lipinski definition) is 1. The molecule has 2 aromatic rings. The maximum Gasteiger partial charge on any atom is 0.223 e. The predicted molar refractivity (Wildman–Crippen MR) is 83.7 cm³/mol. The van der Waals surface area contributed by atoms with E-state index in [9.17, 15) is 4.79 Å². The third-order valence-corrected chi connectivity index (χ3v) is 4.69. The number of aromatic amines is 1. The van der Waals surface area contributed by atoms with Crippen LogP contribution < -0.4 is 0 Å². The number of morpholine rings is 1. The summed E-state index contributed by atoms with van der Waals surface area (Å²) in [5.41, 5.74) is 0. The van der Waals surface area contributed by atoms with E-state index in [1.54, 1.807) is 11.3 Å². The summed E-state index contributed by atoms with van der Waals surface area (Å²) >= 11 is 1.69. The van der Waals surface area contributed by atoms with E-state index in [1.807, 2.05) is 23.3 Å². The van der Waals surface area contributed by atoms with Crippen molar-refractivity contribution in [2.24, 2.45) is 0 Å². The van der Waals surface area contributed by atoms with Gasteiger partial charge in [0.05, 0.1) is 13.2 Å². The van der Waals surface area contributed by atoms with Crippen LogP contribution in [0.1, 0.15) is 36.0 Å². The molecule has 1 unspecified atom stereocenters. The van der Waals surface area contributed by atoms with Gasteiger partial charge in [-0.05, 0) is 17.9 Å². The highest BCUT2D eigenvalue weighted by Gasteiger charge is 2.27. The third-order valence-electron chi connectivity index (χ3n) is 3.76. The van der Waals surface area contributed by atoms with Gasteiger partial charge in [0.2, 0.25) is 5.91 Å². The molecule has 118 valence electrons. The molecule has 1 aliphatic rings. The molecule has 22 heavy (non-hydrogen) atoms. The Balaban J connectivity index is 1.56. The molecular weight excluding hydrogens is 300 g/mol. The number of rotatable bonds is 5. The van der Waals surface area contributed by atoms with E-state index in [1.165, 1.54) is 4.88 Å². The second-order valence-corrected chi connectivity index (χ2v) is 6.30. The first-order valence-electron chi connectivity index (χ1n) is 7.59. The van der Waals surface area contributed by atoms with Crippen molar-refractivity contribution in [2.45, 2.75) is 32.3 Å². The van der Waals surface area contributed by atoms with Gasteiger partial charge in [-0.2, -0.15) is 5.10 Å². The summed E-state index contributed by atoms with van der Waals surface area (Å²) < 4.78 is 5.72. The first kappa shape index (κ1) is 15.2. The Kier molecular flexibility index (Phi) is 4.84. The van der Waals surface area contributed by atoms with Crippen molar-refractivity contribution in [3.8, 4) is 0 Å². The van der Waals surface area contributed by atoms with Gasteiger partial charge in [-0.25, -0.2) is 4.98 Å². The van der Waals surface area contributed by atoms with Crippen LogP contribution in [0.4, 0.5) is 0 Å². The normalized spacial score (nSPS) is 18.6. The molecule has 0 saturated carbocycles. The predicted octanol–water partition coefficient (Wildman–Crippen LogP) is 1.96. The monoisotopic (exact) mass is 320 g/mol. The number of hydrogen-bond acceptors (Lipinski definition) is 5. The average Bonchev–Trinajstić information content (AvgIpc) is 3.24. The molecule has 0 aromatic carbocycles. The summed E-state index contributed by atoms with van der Waals surface area (Å²) in [7, 11) is 0. The summed E-state index contributed by atoms with van der Waals surface area (Å²) in [5, 5.41) is 9.13. The zero-order valence-electron chi connectivity index (χ0n) is 12.6. The molecule has 6 nitrogen and oxygen atoms in total. The SMILES string of the molecule is CCc1nc(C2CN(C(=O)CCc3cccs3)CCO2)n[nH]1. The first-order valence-corrected chi connectivity index (χ1v) is 8.47. The highest BCUT2D eigenvalue weighted by molar-refractivity contribution is 7.09. The largest absolute Gasteiger partial charge is 0.366 e. The van der Waals surface area contributed by atoms with Crippen LogP contribution in [-0.2, 0) is 22.4 Å². The molecule has 1 amide bonds. The van der Waals surface area contributed by atoms with E-state index in [2.05, 4.69) is 21.2 Å². The Bertz CT molecular complexity index is 611. The van der Waals surface area contributed by atoms with Crippen molar-refractivity contribution in [1.82, 2.24) is 20.1 Å². The standard InChI is InChI=1S/C15H20N4O2S/c1-2-13-16-15(18-17-13)12-10-19(7-8-21-12)14(20)6-5-11-4-3-9-22-11/h3-4,9,12H,2,5-8,10H2,1H3,(H,16,17,18). The number of aromatic nitrogens is 3. The minimum Gasteiger partial charge on any atom is -0.366 e. The maximum atomic E-state index is 12.4. The summed E-state index contributed by atoms with van der Waals surface area (Å²) in [6.45, 7) is 3.73. The number of carbonyl (C=O) groups excluding carboxylic acids is 1. The van der Waals surface area contributed by atoms with Gasteiger partial charge in [0.15, 0.2) is 5.82 Å². The van der Waals surface area contributed by atoms with Gasteiger partial charge >= 0.3 is 0 Å². The summed E-state index contributed by atoms with van der Waals surface area (Å²) in [5.74, 6) is 1.67. The summed E-state index contributed by atoms with van der Waals surface area (Å²) in [6, 6.07) is 4.09. The lowest BCUT2D eigenvalue weighted by atomic mass is 10.2. The highest BCUT2D eigenvalue weighted by atomic mass is 32.1. The van der Waals surface area contributed by atoms with E-state index in [4.69, 9.17) is 4.74 Å². The van der Waals surface area contributed by atoms with Crippen molar-refractivity contribution in [1.29, 1.82) is 0 Å². The van der Waals surface area contributed by atoms with Crippen LogP contribution >= 0.6 is 11.3 Å². The van der Waals surface area contributed by atoms with Crippen LogP contribution in [0.25, 0.3) is 0 Å². The van der Waals surface area contributed by atoms with Crippen molar-refractivity contribution in [3.05, 3.63) is 34.0 Å². The lowest BCUT2D eigenvalue weighted by molar-refractivity contribution is -0.139. The molecule has 0 aliphatic carbocycles. The van der Waals surface area contributed by atoms with E-state index >= 15 is 0 Å². The Morgan fingerprint density at radius 3 is 3.23 bits per heavy atom. The number of aryl methyl sites for hydroxylation is 2. The van der Waals surface area contributed by atoms with Gasteiger partial charge in [0.1, 0.15) is 11.9 Å². The van der Waals surface area contributed by atoms with Crippen molar-refractivity contribution < 1.29 is 9.53 Å². The van der Waals surface area contributed by atoms with E-state index in [0.717, 1.165) is 18.7 Å². The van der Waals surface area contributed by atoms with Gasteiger partial charge < -0.3 is 9.64 Å². The minimum absolute atomic E-state index is 0.174. The summed E-state index contributed by atoms with van der Waals surface area (Å²) in [4.78, 5) is 19.9. The van der Waals surface area contributed by atoms with Crippen molar-refractivity contribution >= 4 is 17.2 Å². The Hall–Kier alpha value is -1.73. The Morgan fingerprint density at radius 2 is 2.50 bits per heavy atom. The third kappa shape index (κ3) is 3.53. The van der Waals surface area contributed by atoms with E-state index in [-0.39, 0.29) is 12.0 Å². The van der Waals surface area contributed by atoms with Gasteiger partial charge in [0, 0.05) is 24.3 Å². The van der Waals surface area contributed by atoms with Gasteiger partial charge in [-0.1, -0.05) is 13.0 Å². The van der Waals surface area contributed by atoms with Crippen LogP contribution in [0.5, 0.6) is 0 Å². The Labute approximate surface area is 133 Å². The molecule has 1 N–H and O–H groups in total. The quantitative estimate of drug-likeness (QED) is 0.914. The molecule has 2 aromatic heterocycles. The molecule has 0 radical (unpaired) electrons. The van der Waals surface area contributed by atoms with Crippen LogP contribution in [0.2, 0.25) is 0 Å². The molecule has 3 rings (SSSR count). The van der Waals surface area contributed by atoms with Crippen molar-refractivity contribution in [3.63, 3.8) is 0 Å². The number of nitrogens with zero attached hydrogens (tertiary/aromatic N) is 3. The van der Waals surface area contributed by atoms with Crippen molar-refractivity contribution in [2.75, 3.05) is 19.7 Å². The Morgan fingerprint density at radius 1 is 1.59 bits per heavy atom. The number of ether oxygens (including phenoxy) is 1. The summed E-state index contributed by atoms with van der Waals surface area (Å²) in [6.07, 6.45) is 1.93. The molecule has 1 fully saturated rings. The number of carbonyl (C=O) groups is 1. The fraction of sp³-hybridized carbons (Fsp3) is 0.533. The second-order valence-electron chi connectivity index (χ2n) is 5.27. The average molecular weight is 320 g/mol. The molecule has 1 aliphatic heterocycles. The molecule has 1 atom stereocenters. The number of amides is 1. The van der Waals surface area contributed by atoms with Gasteiger partial charge in [-0.15, -0.1) is 11.3 Å². The highest BCUT2D eigenvalue weighted by Crippen LogP contribution is 2.20. The van der Waals surface area contributed by atoms with Crippen LogP contribution in [0.3, 0.4) is 0 Å². The van der Waals surface area contributed by atoms with Crippen LogP contribution in [-0.4, -0.2) is 45.7 Å². The van der Waals surface area contributed by atoms with Gasteiger partial charge in [-0.3, -0.25) is 9.89 Å². The topological polar surface area (TPSA) is 71.1 Å². The molecule has 7 heteroatoms. The molecule has 0 spiro atoms. The number of nitrogens with one attached hydrogen (secondary N) is 1. The van der Waals surface area contributed by atoms with Crippen LogP contribution in [0.15, 0.2) is 17.5 Å². The smallest absolute Gasteiger partial charge is 0.223 e. The fourth-order valence-electron chi connectivity index (χ4n) is 2.49. The lowest BCUT2D eigenvalue weighted by Crippen LogP contribution is -2.42. The number of H-pyrrole nitrogens is 1. The van der Waals surface area contributed by atoms with Crippen LogP contribution in [0, 0.1) is 0 Å². The lowest BCUT2D eigenvalue weighted by Gasteiger charge is -2.31. The first-order chi connectivity index (χ1) is 10.8. The molecule has 3 heterocycles. The zero-order chi connectivity index (χ0) is 15.4. The van der Waals surface area contributed by atoms with Gasteiger partial charge in [0.25, 0.3) is 0 Å². The second kappa shape index (κ2) is 7.02. The number of thiophene rings is 1. The molecular formula is C15H20N4O2S. The molecule has 1 saturated heterocycles.